The monoisotopic (exact) mass is 413 g/mol. The van der Waals surface area contributed by atoms with Gasteiger partial charge >= 0.3 is 12.1 Å². The zero-order valence-electron chi connectivity index (χ0n) is 14.0. The largest absolute Gasteiger partial charge is 0.465 e. The van der Waals surface area contributed by atoms with E-state index in [2.05, 4.69) is 9.72 Å². The molecular formula is C16H10F3N3O5S. The Balaban J connectivity index is 2.25. The second kappa shape index (κ2) is 7.11. The van der Waals surface area contributed by atoms with E-state index in [4.69, 9.17) is 0 Å². The molecule has 12 heteroatoms. The third-order valence-electron chi connectivity index (χ3n) is 3.68. The van der Waals surface area contributed by atoms with Crippen LogP contribution in [0.1, 0.15) is 6.42 Å². The summed E-state index contributed by atoms with van der Waals surface area (Å²) in [5.74, 6) is -5.02. The zero-order chi connectivity index (χ0) is 20.6. The number of esters is 1. The average molecular weight is 413 g/mol. The van der Waals surface area contributed by atoms with Crippen molar-refractivity contribution >= 4 is 45.9 Å². The van der Waals surface area contributed by atoms with Crippen molar-refractivity contribution in [3.8, 4) is 0 Å². The Kier molecular flexibility index (Phi) is 4.98. The molecule has 1 aliphatic rings. The van der Waals surface area contributed by atoms with Crippen LogP contribution in [0, 0.1) is 0 Å². The molecule has 0 radical (unpaired) electrons. The van der Waals surface area contributed by atoms with Gasteiger partial charge in [0.2, 0.25) is 11.0 Å². The molecule has 0 saturated carbocycles. The highest BCUT2D eigenvalue weighted by atomic mass is 32.2. The fraction of sp³-hybridized carbons (Fsp3) is 0.188. The number of Topliss-reactive ketones (excluding diaryl/α,β-unsaturated/α-hetero) is 1. The minimum absolute atomic E-state index is 0.0434. The molecule has 1 aliphatic heterocycles. The second-order valence-corrected chi connectivity index (χ2v) is 6.50. The van der Waals surface area contributed by atoms with Crippen LogP contribution in [0.3, 0.4) is 0 Å². The third-order valence-corrected chi connectivity index (χ3v) is 4.63. The predicted octanol–water partition coefficient (Wildman–Crippen LogP) is 1.85. The number of rotatable bonds is 3. The number of carbonyl (C=O) groups excluding carboxylic acids is 4. The number of carbonyl (C=O) groups is 4. The highest BCUT2D eigenvalue weighted by molar-refractivity contribution is 8.17. The van der Waals surface area contributed by atoms with Crippen molar-refractivity contribution in [2.24, 2.45) is 0 Å². The number of methoxy groups -OCH3 is 1. The predicted molar refractivity (Wildman–Crippen MR) is 90.0 cm³/mol. The number of nitrogens with zero attached hydrogens (tertiary/aromatic N) is 3. The van der Waals surface area contributed by atoms with E-state index in [0.717, 1.165) is 12.0 Å². The van der Waals surface area contributed by atoms with Crippen molar-refractivity contribution in [2.45, 2.75) is 12.6 Å². The Labute approximate surface area is 158 Å². The smallest absolute Gasteiger partial charge is 0.455 e. The number of amides is 1. The minimum Gasteiger partial charge on any atom is -0.465 e. The molecule has 3 rings (SSSR count). The van der Waals surface area contributed by atoms with E-state index in [1.54, 1.807) is 0 Å². The van der Waals surface area contributed by atoms with Crippen molar-refractivity contribution < 1.29 is 37.1 Å². The van der Waals surface area contributed by atoms with Crippen LogP contribution in [-0.2, 0) is 23.9 Å². The van der Waals surface area contributed by atoms with Gasteiger partial charge in [0, 0.05) is 18.6 Å². The van der Waals surface area contributed by atoms with Crippen LogP contribution >= 0.6 is 11.8 Å². The van der Waals surface area contributed by atoms with Gasteiger partial charge in [-0.25, -0.2) is 9.78 Å². The molecule has 1 amide bonds. The molecule has 1 fully saturated rings. The number of fused-ring (bicyclic) bond motifs is 1. The van der Waals surface area contributed by atoms with Crippen LogP contribution in [0.4, 0.5) is 18.9 Å². The molecule has 28 heavy (non-hydrogen) atoms. The van der Waals surface area contributed by atoms with Gasteiger partial charge in [-0.15, -0.1) is 0 Å². The van der Waals surface area contributed by atoms with Crippen molar-refractivity contribution in [3.05, 3.63) is 41.3 Å². The highest BCUT2D eigenvalue weighted by Crippen LogP contribution is 2.38. The number of imidazole rings is 1. The Bertz CT molecular complexity index is 1040. The molecule has 2 aromatic rings. The van der Waals surface area contributed by atoms with Crippen LogP contribution in [0.25, 0.3) is 5.65 Å². The summed E-state index contributed by atoms with van der Waals surface area (Å²) in [6.45, 7) is 0. The van der Waals surface area contributed by atoms with Gasteiger partial charge in [0.05, 0.1) is 19.2 Å². The van der Waals surface area contributed by atoms with Crippen molar-refractivity contribution in [1.29, 1.82) is 0 Å². The van der Waals surface area contributed by atoms with E-state index in [0.29, 0.717) is 5.65 Å². The summed E-state index contributed by atoms with van der Waals surface area (Å²) in [5.41, 5.74) is -0.906. The van der Waals surface area contributed by atoms with Crippen molar-refractivity contribution in [2.75, 3.05) is 12.0 Å². The summed E-state index contributed by atoms with van der Waals surface area (Å²) in [6, 6.07) is 2.84. The van der Waals surface area contributed by atoms with Gasteiger partial charge < -0.3 is 9.14 Å². The van der Waals surface area contributed by atoms with Gasteiger partial charge in [-0.3, -0.25) is 19.3 Å². The first-order valence-electron chi connectivity index (χ1n) is 7.54. The van der Waals surface area contributed by atoms with E-state index in [1.165, 1.54) is 35.1 Å². The second-order valence-electron chi connectivity index (χ2n) is 5.46. The molecule has 1 saturated heterocycles. The summed E-state index contributed by atoms with van der Waals surface area (Å²) in [5, 5.41) is -1.56. The van der Waals surface area contributed by atoms with Crippen molar-refractivity contribution in [3.63, 3.8) is 0 Å². The number of ether oxygens (including phenoxy) is 1. The van der Waals surface area contributed by atoms with Gasteiger partial charge in [-0.1, -0.05) is 0 Å². The summed E-state index contributed by atoms with van der Waals surface area (Å²) >= 11 is 0.196. The van der Waals surface area contributed by atoms with Gasteiger partial charge in [-0.05, 0) is 23.9 Å². The molecule has 2 aromatic heterocycles. The fourth-order valence-electron chi connectivity index (χ4n) is 2.49. The van der Waals surface area contributed by atoms with Gasteiger partial charge in [0.15, 0.2) is 0 Å². The number of aromatic nitrogens is 2. The number of thioether (sulfide) groups is 1. The zero-order valence-corrected chi connectivity index (χ0v) is 14.8. The molecule has 0 aliphatic carbocycles. The summed E-state index contributed by atoms with van der Waals surface area (Å²) in [4.78, 5) is 52.9. The molecule has 0 N–H and O–H groups in total. The number of ketones is 1. The maximum atomic E-state index is 13.0. The Morgan fingerprint density at radius 3 is 2.61 bits per heavy atom. The lowest BCUT2D eigenvalue weighted by molar-refractivity contribution is -0.168. The summed E-state index contributed by atoms with van der Waals surface area (Å²) in [7, 11) is 0.783. The van der Waals surface area contributed by atoms with Gasteiger partial charge in [0.25, 0.3) is 5.78 Å². The highest BCUT2D eigenvalue weighted by Gasteiger charge is 2.47. The van der Waals surface area contributed by atoms with Crippen LogP contribution < -0.4 is 4.90 Å². The maximum absolute atomic E-state index is 13.0. The van der Waals surface area contributed by atoms with E-state index in [1.807, 2.05) is 0 Å². The molecule has 0 bridgehead atoms. The van der Waals surface area contributed by atoms with E-state index in [9.17, 15) is 32.3 Å². The van der Waals surface area contributed by atoms with E-state index < -0.39 is 46.0 Å². The number of hydrogen-bond donors (Lipinski definition) is 0. The topological polar surface area (TPSA) is 98.0 Å². The van der Waals surface area contributed by atoms with Gasteiger partial charge in [-0.2, -0.15) is 13.2 Å². The summed E-state index contributed by atoms with van der Waals surface area (Å²) in [6.07, 6.45) is -1.69. The lowest BCUT2D eigenvalue weighted by atomic mass is 10.1. The number of halogens is 3. The quantitative estimate of drug-likeness (QED) is 0.328. The fourth-order valence-corrected chi connectivity index (χ4v) is 3.48. The van der Waals surface area contributed by atoms with Crippen molar-refractivity contribution in [1.82, 2.24) is 9.38 Å². The molecule has 8 nitrogen and oxygen atoms in total. The van der Waals surface area contributed by atoms with Crippen LogP contribution in [-0.4, -0.2) is 45.4 Å². The van der Waals surface area contributed by atoms with E-state index >= 15 is 0 Å². The number of alkyl halides is 3. The Morgan fingerprint density at radius 2 is 1.96 bits per heavy atom. The molecular weight excluding hydrogens is 403 g/mol. The van der Waals surface area contributed by atoms with E-state index in [-0.39, 0.29) is 17.4 Å². The third kappa shape index (κ3) is 3.50. The molecule has 0 atom stereocenters. The average Bonchev–Trinajstić information content (AvgIpc) is 3.08. The number of pyridine rings is 1. The van der Waals surface area contributed by atoms with Crippen LogP contribution in [0.5, 0.6) is 0 Å². The Morgan fingerprint density at radius 1 is 1.25 bits per heavy atom. The van der Waals surface area contributed by atoms with Crippen LogP contribution in [0.15, 0.2) is 41.3 Å². The first-order valence-corrected chi connectivity index (χ1v) is 8.35. The summed E-state index contributed by atoms with van der Waals surface area (Å²) < 4.78 is 44.9. The molecule has 3 heterocycles. The standard InChI is InChI=1S/C16H10F3N3O5S/c1-27-15(26)12(13(25)16(17,18)19)14-22(10(23)6-11(24)28-14)8-2-3-9-20-4-5-21(9)7-8/h2-5,7H,6H2,1H3/b14-12-. The molecule has 0 spiro atoms. The Hall–Kier alpha value is -3.15. The first kappa shape index (κ1) is 19.6. The first-order chi connectivity index (χ1) is 13.1. The lowest BCUT2D eigenvalue weighted by Gasteiger charge is -2.29. The lowest BCUT2D eigenvalue weighted by Crippen LogP contribution is -2.39. The number of hydrogen-bond acceptors (Lipinski definition) is 7. The normalized spacial score (nSPS) is 17.1. The molecule has 0 unspecified atom stereocenters. The SMILES string of the molecule is COC(=O)/C(C(=O)C(F)(F)F)=C1\SC(=O)CC(=O)N1c1ccc2nccn2c1. The molecule has 0 aromatic carbocycles. The minimum atomic E-state index is -5.42. The molecule has 146 valence electrons. The van der Waals surface area contributed by atoms with Crippen LogP contribution in [0.2, 0.25) is 0 Å². The van der Waals surface area contributed by atoms with Gasteiger partial charge in [0.1, 0.15) is 16.2 Å². The number of anilines is 1. The maximum Gasteiger partial charge on any atom is 0.455 e.